The highest BCUT2D eigenvalue weighted by molar-refractivity contribution is 5.85. The molecule has 0 saturated carbocycles. The summed E-state index contributed by atoms with van der Waals surface area (Å²) in [5.41, 5.74) is 5.53. The highest BCUT2D eigenvalue weighted by atomic mass is 16.4. The van der Waals surface area contributed by atoms with Gasteiger partial charge in [-0.15, -0.1) is 0 Å². The van der Waals surface area contributed by atoms with Gasteiger partial charge in [0.1, 0.15) is 5.82 Å². The number of amides is 1. The Kier molecular flexibility index (Phi) is 2.12. The molecule has 0 spiro atoms. The molecule has 1 amide bonds. The largest absolute Gasteiger partial charge is 0.465 e. The molecular weight excluding hydrogens is 184 g/mol. The number of fused-ring (bicyclic) bond motifs is 1. The minimum Gasteiger partial charge on any atom is -0.465 e. The summed E-state index contributed by atoms with van der Waals surface area (Å²) in [4.78, 5) is 12.2. The molecule has 3 N–H and O–H groups in total. The molecular formula is C8H12N4O2. The predicted molar refractivity (Wildman–Crippen MR) is 50.1 cm³/mol. The van der Waals surface area contributed by atoms with E-state index in [1.165, 1.54) is 4.90 Å². The van der Waals surface area contributed by atoms with Crippen LogP contribution in [0.1, 0.15) is 0 Å². The Morgan fingerprint density at radius 2 is 2.50 bits per heavy atom. The second kappa shape index (κ2) is 3.30. The number of carbonyl (C=O) groups is 1. The maximum absolute atomic E-state index is 10.9. The summed E-state index contributed by atoms with van der Waals surface area (Å²) >= 11 is 0. The van der Waals surface area contributed by atoms with Crippen LogP contribution in [0.15, 0.2) is 12.3 Å². The quantitative estimate of drug-likeness (QED) is 0.659. The Hall–Kier alpha value is -1.56. The zero-order chi connectivity index (χ0) is 10.1. The van der Waals surface area contributed by atoms with Crippen molar-refractivity contribution in [1.29, 1.82) is 0 Å². The van der Waals surface area contributed by atoms with Crippen LogP contribution in [-0.2, 0) is 6.54 Å². The molecule has 1 aromatic rings. The van der Waals surface area contributed by atoms with Crippen LogP contribution in [0.5, 0.6) is 0 Å². The van der Waals surface area contributed by atoms with E-state index in [1.54, 1.807) is 16.9 Å². The summed E-state index contributed by atoms with van der Waals surface area (Å²) in [5, 5.41) is 13.0. The second-order valence-electron chi connectivity index (χ2n) is 3.37. The molecule has 0 fully saturated rings. The highest BCUT2D eigenvalue weighted by Crippen LogP contribution is 2.22. The molecule has 1 aliphatic heterocycles. The van der Waals surface area contributed by atoms with Crippen LogP contribution in [0, 0.1) is 5.92 Å². The lowest BCUT2D eigenvalue weighted by Gasteiger charge is -2.30. The fraction of sp³-hybridized carbons (Fsp3) is 0.500. The standard InChI is InChI=1S/C8H12N4O2/c9-3-6-4-11(8(13)14)7-1-2-10-12(7)5-6/h1-2,6H,3-5,9H2,(H,13,14). The number of hydrogen-bond donors (Lipinski definition) is 2. The van der Waals surface area contributed by atoms with Gasteiger partial charge in [0.05, 0.1) is 6.20 Å². The summed E-state index contributed by atoms with van der Waals surface area (Å²) < 4.78 is 1.68. The maximum Gasteiger partial charge on any atom is 0.413 e. The lowest BCUT2D eigenvalue weighted by molar-refractivity contribution is 0.197. The van der Waals surface area contributed by atoms with Crippen LogP contribution in [0.3, 0.4) is 0 Å². The van der Waals surface area contributed by atoms with Gasteiger partial charge in [-0.1, -0.05) is 0 Å². The molecule has 6 heteroatoms. The highest BCUT2D eigenvalue weighted by Gasteiger charge is 2.27. The van der Waals surface area contributed by atoms with Crippen molar-refractivity contribution in [3.63, 3.8) is 0 Å². The van der Waals surface area contributed by atoms with E-state index in [1.807, 2.05) is 0 Å². The van der Waals surface area contributed by atoms with Gasteiger partial charge < -0.3 is 10.8 Å². The van der Waals surface area contributed by atoms with Crippen molar-refractivity contribution in [2.45, 2.75) is 6.54 Å². The van der Waals surface area contributed by atoms with Gasteiger partial charge in [-0.05, 0) is 6.54 Å². The number of nitrogens with two attached hydrogens (primary N) is 1. The third-order valence-electron chi connectivity index (χ3n) is 2.41. The fourth-order valence-electron chi connectivity index (χ4n) is 1.67. The molecule has 1 aromatic heterocycles. The van der Waals surface area contributed by atoms with Crippen molar-refractivity contribution >= 4 is 11.9 Å². The van der Waals surface area contributed by atoms with Crippen molar-refractivity contribution in [3.8, 4) is 0 Å². The van der Waals surface area contributed by atoms with Crippen molar-refractivity contribution in [3.05, 3.63) is 12.3 Å². The minimum absolute atomic E-state index is 0.151. The average molecular weight is 196 g/mol. The van der Waals surface area contributed by atoms with E-state index in [4.69, 9.17) is 10.8 Å². The van der Waals surface area contributed by atoms with Gasteiger partial charge in [-0.2, -0.15) is 5.10 Å². The number of anilines is 1. The number of aromatic nitrogens is 2. The Labute approximate surface area is 80.9 Å². The van der Waals surface area contributed by atoms with Crippen LogP contribution >= 0.6 is 0 Å². The average Bonchev–Trinajstić information content (AvgIpc) is 2.63. The molecule has 1 aliphatic rings. The third kappa shape index (κ3) is 1.33. The number of rotatable bonds is 1. The first-order valence-corrected chi connectivity index (χ1v) is 4.44. The van der Waals surface area contributed by atoms with Crippen molar-refractivity contribution in [1.82, 2.24) is 9.78 Å². The van der Waals surface area contributed by atoms with Gasteiger partial charge in [-0.3, -0.25) is 4.90 Å². The predicted octanol–water partition coefficient (Wildman–Crippen LogP) is -0.0440. The normalized spacial score (nSPS) is 20.6. The molecule has 76 valence electrons. The van der Waals surface area contributed by atoms with Crippen LogP contribution in [0.4, 0.5) is 10.6 Å². The summed E-state index contributed by atoms with van der Waals surface area (Å²) in [6, 6.07) is 1.70. The monoisotopic (exact) mass is 196 g/mol. The number of carboxylic acid groups (broad SMARTS) is 1. The topological polar surface area (TPSA) is 84.4 Å². The first kappa shape index (κ1) is 9.01. The Morgan fingerprint density at radius 3 is 3.14 bits per heavy atom. The van der Waals surface area contributed by atoms with Crippen LogP contribution in [0.2, 0.25) is 0 Å². The van der Waals surface area contributed by atoms with Crippen molar-refractivity contribution in [2.75, 3.05) is 18.0 Å². The fourth-order valence-corrected chi connectivity index (χ4v) is 1.67. The van der Waals surface area contributed by atoms with E-state index in [0.29, 0.717) is 25.5 Å². The van der Waals surface area contributed by atoms with Gasteiger partial charge in [-0.25, -0.2) is 9.48 Å². The number of nitrogens with zero attached hydrogens (tertiary/aromatic N) is 3. The SMILES string of the molecule is NCC1CN(C(=O)O)c2ccnn2C1. The van der Waals surface area contributed by atoms with Gasteiger partial charge in [0.15, 0.2) is 0 Å². The van der Waals surface area contributed by atoms with Gasteiger partial charge in [0.2, 0.25) is 0 Å². The van der Waals surface area contributed by atoms with Gasteiger partial charge >= 0.3 is 6.09 Å². The van der Waals surface area contributed by atoms with Crippen molar-refractivity contribution < 1.29 is 9.90 Å². The first-order valence-electron chi connectivity index (χ1n) is 4.44. The van der Waals surface area contributed by atoms with Gasteiger partial charge in [0, 0.05) is 25.1 Å². The van der Waals surface area contributed by atoms with E-state index in [-0.39, 0.29) is 5.92 Å². The van der Waals surface area contributed by atoms with Crippen molar-refractivity contribution in [2.24, 2.45) is 11.7 Å². The molecule has 0 bridgehead atoms. The van der Waals surface area contributed by atoms with Crippen LogP contribution < -0.4 is 10.6 Å². The number of hydrogen-bond acceptors (Lipinski definition) is 3. The van der Waals surface area contributed by atoms with E-state index in [0.717, 1.165) is 0 Å². The van der Waals surface area contributed by atoms with E-state index in [2.05, 4.69) is 5.10 Å². The minimum atomic E-state index is -0.954. The molecule has 6 nitrogen and oxygen atoms in total. The molecule has 0 aromatic carbocycles. The zero-order valence-corrected chi connectivity index (χ0v) is 7.63. The lowest BCUT2D eigenvalue weighted by atomic mass is 10.1. The van der Waals surface area contributed by atoms with Gasteiger partial charge in [0.25, 0.3) is 0 Å². The molecule has 2 heterocycles. The molecule has 0 saturated heterocycles. The third-order valence-corrected chi connectivity index (χ3v) is 2.41. The van der Waals surface area contributed by atoms with Crippen LogP contribution in [0.25, 0.3) is 0 Å². The summed E-state index contributed by atoms with van der Waals surface area (Å²) in [5.74, 6) is 0.778. The van der Waals surface area contributed by atoms with E-state index < -0.39 is 6.09 Å². The summed E-state index contributed by atoms with van der Waals surface area (Å²) in [6.45, 7) is 1.63. The lowest BCUT2D eigenvalue weighted by Crippen LogP contribution is -2.43. The molecule has 1 unspecified atom stereocenters. The smallest absolute Gasteiger partial charge is 0.413 e. The Balaban J connectivity index is 2.32. The molecule has 0 aliphatic carbocycles. The summed E-state index contributed by atoms with van der Waals surface area (Å²) in [6.07, 6.45) is 0.648. The van der Waals surface area contributed by atoms with E-state index >= 15 is 0 Å². The molecule has 1 atom stereocenters. The molecule has 2 rings (SSSR count). The maximum atomic E-state index is 10.9. The summed E-state index contributed by atoms with van der Waals surface area (Å²) in [7, 11) is 0. The zero-order valence-electron chi connectivity index (χ0n) is 7.63. The first-order chi connectivity index (χ1) is 6.72. The second-order valence-corrected chi connectivity index (χ2v) is 3.37. The Morgan fingerprint density at radius 1 is 1.71 bits per heavy atom. The Bertz CT molecular complexity index is 349. The molecule has 0 radical (unpaired) electrons. The molecule has 14 heavy (non-hydrogen) atoms. The van der Waals surface area contributed by atoms with E-state index in [9.17, 15) is 4.79 Å². The van der Waals surface area contributed by atoms with Crippen LogP contribution in [-0.4, -0.2) is 34.1 Å².